The van der Waals surface area contributed by atoms with Crippen molar-refractivity contribution in [3.8, 4) is 11.1 Å². The Labute approximate surface area is 106 Å². The minimum Gasteiger partial charge on any atom is -0.258 e. The van der Waals surface area contributed by atoms with Gasteiger partial charge in [0, 0.05) is 6.07 Å². The third kappa shape index (κ3) is 2.30. The summed E-state index contributed by atoms with van der Waals surface area (Å²) in [6.45, 7) is 5.64. The molecule has 0 aliphatic heterocycles. The average molecular weight is 239 g/mol. The third-order valence-electron chi connectivity index (χ3n) is 2.77. The van der Waals surface area contributed by atoms with Crippen LogP contribution in [-0.4, -0.2) is 4.92 Å². The van der Waals surface area contributed by atoms with Crippen molar-refractivity contribution >= 4 is 11.3 Å². The van der Waals surface area contributed by atoms with Gasteiger partial charge < -0.3 is 0 Å². The van der Waals surface area contributed by atoms with Crippen LogP contribution in [-0.2, 0) is 0 Å². The van der Waals surface area contributed by atoms with Crippen LogP contribution in [0.2, 0.25) is 0 Å². The topological polar surface area (TPSA) is 43.1 Å². The van der Waals surface area contributed by atoms with E-state index in [0.717, 1.165) is 16.7 Å². The maximum absolute atomic E-state index is 11.1. The lowest BCUT2D eigenvalue weighted by Crippen LogP contribution is -1.93. The molecule has 3 heteroatoms. The first-order chi connectivity index (χ1) is 8.59. The molecule has 18 heavy (non-hydrogen) atoms. The van der Waals surface area contributed by atoms with Gasteiger partial charge in [0.05, 0.1) is 10.5 Å². The van der Waals surface area contributed by atoms with Crippen molar-refractivity contribution in [1.82, 2.24) is 0 Å². The molecule has 2 aromatic carbocycles. The largest absolute Gasteiger partial charge is 0.277 e. The molecule has 2 aromatic rings. The summed E-state index contributed by atoms with van der Waals surface area (Å²) in [6.07, 6.45) is 0. The van der Waals surface area contributed by atoms with Gasteiger partial charge in [-0.25, -0.2) is 0 Å². The number of hydrogen-bond acceptors (Lipinski definition) is 2. The lowest BCUT2D eigenvalue weighted by Gasteiger charge is -2.06. The van der Waals surface area contributed by atoms with Gasteiger partial charge in [0.2, 0.25) is 0 Å². The van der Waals surface area contributed by atoms with E-state index in [-0.39, 0.29) is 10.6 Å². The van der Waals surface area contributed by atoms with E-state index in [0.29, 0.717) is 5.56 Å². The third-order valence-corrected chi connectivity index (χ3v) is 2.77. The van der Waals surface area contributed by atoms with Gasteiger partial charge in [-0.05, 0) is 24.1 Å². The number of nitro groups is 1. The highest BCUT2D eigenvalue weighted by Crippen LogP contribution is 2.31. The summed E-state index contributed by atoms with van der Waals surface area (Å²) in [4.78, 5) is 10.8. The van der Waals surface area contributed by atoms with Crippen LogP contribution in [0.3, 0.4) is 0 Å². The van der Waals surface area contributed by atoms with Gasteiger partial charge in [-0.1, -0.05) is 48.6 Å². The van der Waals surface area contributed by atoms with Crippen LogP contribution in [0.4, 0.5) is 5.69 Å². The van der Waals surface area contributed by atoms with E-state index in [4.69, 9.17) is 0 Å². The molecule has 0 radical (unpaired) electrons. The summed E-state index contributed by atoms with van der Waals surface area (Å²) in [6, 6.07) is 14.6. The molecule has 0 aliphatic carbocycles. The molecule has 0 N–H and O–H groups in total. The first kappa shape index (κ1) is 12.0. The zero-order valence-corrected chi connectivity index (χ0v) is 10.1. The fourth-order valence-electron chi connectivity index (χ4n) is 1.81. The van der Waals surface area contributed by atoms with Gasteiger partial charge >= 0.3 is 0 Å². The minimum atomic E-state index is -0.352. The summed E-state index contributed by atoms with van der Waals surface area (Å²) in [7, 11) is 0. The van der Waals surface area contributed by atoms with E-state index in [1.807, 2.05) is 43.3 Å². The molecule has 0 bridgehead atoms. The molecular formula is C15H13NO2. The predicted molar refractivity (Wildman–Crippen MR) is 73.2 cm³/mol. The second-order valence-corrected chi connectivity index (χ2v) is 4.14. The van der Waals surface area contributed by atoms with E-state index in [2.05, 4.69) is 6.58 Å². The smallest absolute Gasteiger partial charge is 0.258 e. The molecule has 0 spiro atoms. The van der Waals surface area contributed by atoms with Gasteiger partial charge in [-0.2, -0.15) is 0 Å². The first-order valence-corrected chi connectivity index (χ1v) is 5.59. The van der Waals surface area contributed by atoms with Crippen LogP contribution in [0.25, 0.3) is 16.7 Å². The number of nitro benzene ring substituents is 1. The Balaban J connectivity index is 2.61. The standard InChI is InChI=1S/C15H13NO2/c1-11(2)13-8-9-14(15(10-13)16(17)18)12-6-4-3-5-7-12/h3-10H,1H2,2H3. The molecule has 3 nitrogen and oxygen atoms in total. The fraction of sp³-hybridized carbons (Fsp3) is 0.0667. The fourth-order valence-corrected chi connectivity index (χ4v) is 1.81. The van der Waals surface area contributed by atoms with E-state index in [9.17, 15) is 10.1 Å². The zero-order valence-electron chi connectivity index (χ0n) is 10.1. The summed E-state index contributed by atoms with van der Waals surface area (Å²) >= 11 is 0. The monoisotopic (exact) mass is 239 g/mol. The minimum absolute atomic E-state index is 0.113. The summed E-state index contributed by atoms with van der Waals surface area (Å²) in [5, 5.41) is 11.1. The Morgan fingerprint density at radius 3 is 2.39 bits per heavy atom. The van der Waals surface area contributed by atoms with Crippen molar-refractivity contribution in [2.24, 2.45) is 0 Å². The van der Waals surface area contributed by atoms with Crippen molar-refractivity contribution in [2.75, 3.05) is 0 Å². The lowest BCUT2D eigenvalue weighted by atomic mass is 9.99. The number of nitrogens with zero attached hydrogens (tertiary/aromatic N) is 1. The van der Waals surface area contributed by atoms with E-state index >= 15 is 0 Å². The second-order valence-electron chi connectivity index (χ2n) is 4.14. The van der Waals surface area contributed by atoms with Crippen molar-refractivity contribution in [1.29, 1.82) is 0 Å². The second kappa shape index (κ2) is 4.84. The Kier molecular flexibility index (Phi) is 3.24. The van der Waals surface area contributed by atoms with Crippen molar-refractivity contribution < 1.29 is 4.92 Å². The zero-order chi connectivity index (χ0) is 13.1. The molecule has 0 saturated carbocycles. The molecule has 0 fully saturated rings. The normalized spacial score (nSPS) is 10.1. The molecule has 0 amide bonds. The molecule has 0 unspecified atom stereocenters. The molecule has 0 saturated heterocycles. The quantitative estimate of drug-likeness (QED) is 0.592. The first-order valence-electron chi connectivity index (χ1n) is 5.59. The highest BCUT2D eigenvalue weighted by Gasteiger charge is 2.15. The van der Waals surface area contributed by atoms with Gasteiger partial charge in [-0.15, -0.1) is 0 Å². The molecule has 0 heterocycles. The van der Waals surface area contributed by atoms with Crippen molar-refractivity contribution in [3.05, 3.63) is 70.8 Å². The molecule has 0 aliphatic rings. The highest BCUT2D eigenvalue weighted by molar-refractivity contribution is 5.77. The van der Waals surface area contributed by atoms with Crippen LogP contribution in [0.1, 0.15) is 12.5 Å². The number of rotatable bonds is 3. The van der Waals surface area contributed by atoms with Gasteiger partial charge in [-0.3, -0.25) is 10.1 Å². The predicted octanol–water partition coefficient (Wildman–Crippen LogP) is 4.29. The number of allylic oxidation sites excluding steroid dienone is 1. The molecular weight excluding hydrogens is 226 g/mol. The van der Waals surface area contributed by atoms with E-state index < -0.39 is 0 Å². The van der Waals surface area contributed by atoms with Gasteiger partial charge in [0.15, 0.2) is 0 Å². The van der Waals surface area contributed by atoms with Crippen LogP contribution < -0.4 is 0 Å². The van der Waals surface area contributed by atoms with E-state index in [1.54, 1.807) is 12.1 Å². The summed E-state index contributed by atoms with van der Waals surface area (Å²) in [5.41, 5.74) is 3.20. The summed E-state index contributed by atoms with van der Waals surface area (Å²) in [5.74, 6) is 0. The Morgan fingerprint density at radius 2 is 1.83 bits per heavy atom. The lowest BCUT2D eigenvalue weighted by molar-refractivity contribution is -0.384. The SMILES string of the molecule is C=C(C)c1ccc(-c2ccccc2)c([N+](=O)[O-])c1. The Hall–Kier alpha value is -2.42. The maximum atomic E-state index is 11.1. The average Bonchev–Trinajstić information content (AvgIpc) is 2.39. The van der Waals surface area contributed by atoms with Crippen LogP contribution in [0, 0.1) is 10.1 Å². The van der Waals surface area contributed by atoms with Crippen molar-refractivity contribution in [2.45, 2.75) is 6.92 Å². The molecule has 0 aromatic heterocycles. The van der Waals surface area contributed by atoms with Crippen LogP contribution in [0.5, 0.6) is 0 Å². The van der Waals surface area contributed by atoms with Gasteiger partial charge in [0.25, 0.3) is 5.69 Å². The highest BCUT2D eigenvalue weighted by atomic mass is 16.6. The molecule has 2 rings (SSSR count). The number of benzene rings is 2. The van der Waals surface area contributed by atoms with E-state index in [1.165, 1.54) is 0 Å². The Morgan fingerprint density at radius 1 is 1.17 bits per heavy atom. The van der Waals surface area contributed by atoms with Crippen LogP contribution in [0.15, 0.2) is 55.1 Å². The number of hydrogen-bond donors (Lipinski definition) is 0. The Bertz CT molecular complexity index is 603. The van der Waals surface area contributed by atoms with Crippen LogP contribution >= 0.6 is 0 Å². The van der Waals surface area contributed by atoms with Gasteiger partial charge in [0.1, 0.15) is 0 Å². The summed E-state index contributed by atoms with van der Waals surface area (Å²) < 4.78 is 0. The molecule has 90 valence electrons. The maximum Gasteiger partial charge on any atom is 0.277 e. The van der Waals surface area contributed by atoms with Crippen molar-refractivity contribution in [3.63, 3.8) is 0 Å². The molecule has 0 atom stereocenters.